The Hall–Kier alpha value is -1.72. The highest BCUT2D eigenvalue weighted by molar-refractivity contribution is 7.89. The monoisotopic (exact) mass is 316 g/mol. The van der Waals surface area contributed by atoms with Gasteiger partial charge in [-0.15, -0.1) is 0 Å². The van der Waals surface area contributed by atoms with E-state index < -0.39 is 10.0 Å². The van der Waals surface area contributed by atoms with Crippen molar-refractivity contribution < 1.29 is 8.42 Å². The SMILES string of the molecule is Cc1cncc(CCC2CC2c2ccc(S(N)(=O)=O)cc2)c1. The van der Waals surface area contributed by atoms with Gasteiger partial charge in [-0.05, 0) is 66.8 Å². The van der Waals surface area contributed by atoms with Crippen molar-refractivity contribution in [2.75, 3.05) is 0 Å². The predicted molar refractivity (Wildman–Crippen MR) is 86.0 cm³/mol. The quantitative estimate of drug-likeness (QED) is 0.922. The van der Waals surface area contributed by atoms with E-state index in [0.29, 0.717) is 11.8 Å². The molecule has 5 heteroatoms. The topological polar surface area (TPSA) is 73.0 Å². The molecule has 0 aliphatic heterocycles. The number of primary sulfonamides is 1. The molecule has 2 N–H and O–H groups in total. The molecule has 0 radical (unpaired) electrons. The van der Waals surface area contributed by atoms with E-state index in [9.17, 15) is 8.42 Å². The second kappa shape index (κ2) is 5.82. The Kier molecular flexibility index (Phi) is 4.02. The van der Waals surface area contributed by atoms with Gasteiger partial charge >= 0.3 is 0 Å². The molecule has 3 rings (SSSR count). The van der Waals surface area contributed by atoms with Gasteiger partial charge in [-0.3, -0.25) is 4.98 Å². The molecule has 1 saturated carbocycles. The Morgan fingerprint density at radius 3 is 2.59 bits per heavy atom. The summed E-state index contributed by atoms with van der Waals surface area (Å²) in [6.45, 7) is 2.06. The maximum atomic E-state index is 11.3. The lowest BCUT2D eigenvalue weighted by molar-refractivity contribution is 0.597. The first-order chi connectivity index (χ1) is 10.4. The first-order valence-corrected chi connectivity index (χ1v) is 9.01. The van der Waals surface area contributed by atoms with Crippen molar-refractivity contribution in [1.82, 2.24) is 4.98 Å². The van der Waals surface area contributed by atoms with E-state index >= 15 is 0 Å². The molecule has 2 aromatic rings. The van der Waals surface area contributed by atoms with Crippen LogP contribution in [0.4, 0.5) is 0 Å². The van der Waals surface area contributed by atoms with Crippen LogP contribution in [0.1, 0.15) is 35.4 Å². The lowest BCUT2D eigenvalue weighted by atomic mass is 10.0. The number of nitrogens with two attached hydrogens (primary N) is 1. The first-order valence-electron chi connectivity index (χ1n) is 7.47. The molecule has 22 heavy (non-hydrogen) atoms. The van der Waals surface area contributed by atoms with Gasteiger partial charge in [0.25, 0.3) is 0 Å². The minimum atomic E-state index is -3.60. The fourth-order valence-electron chi connectivity index (χ4n) is 2.99. The van der Waals surface area contributed by atoms with Crippen LogP contribution in [0, 0.1) is 12.8 Å². The number of pyridine rings is 1. The molecule has 4 nitrogen and oxygen atoms in total. The van der Waals surface area contributed by atoms with Gasteiger partial charge in [0.2, 0.25) is 10.0 Å². The molecule has 1 aromatic carbocycles. The third-order valence-electron chi connectivity index (χ3n) is 4.29. The highest BCUT2D eigenvalue weighted by atomic mass is 32.2. The number of hydrogen-bond acceptors (Lipinski definition) is 3. The molecule has 1 heterocycles. The first kappa shape index (κ1) is 15.2. The summed E-state index contributed by atoms with van der Waals surface area (Å²) in [6.07, 6.45) is 7.17. The van der Waals surface area contributed by atoms with Crippen LogP contribution in [0.5, 0.6) is 0 Å². The molecule has 2 atom stereocenters. The largest absolute Gasteiger partial charge is 0.264 e. The van der Waals surface area contributed by atoms with Crippen LogP contribution in [-0.4, -0.2) is 13.4 Å². The maximum Gasteiger partial charge on any atom is 0.238 e. The van der Waals surface area contributed by atoms with Gasteiger partial charge in [0, 0.05) is 12.4 Å². The Bertz CT molecular complexity index is 770. The summed E-state index contributed by atoms with van der Waals surface area (Å²) >= 11 is 0. The summed E-state index contributed by atoms with van der Waals surface area (Å²) < 4.78 is 22.5. The summed E-state index contributed by atoms with van der Waals surface area (Å²) in [5, 5.41) is 5.12. The second-order valence-corrected chi connectivity index (χ2v) is 7.69. The maximum absolute atomic E-state index is 11.3. The molecular formula is C17H20N2O2S. The van der Waals surface area contributed by atoms with E-state index in [1.807, 2.05) is 24.5 Å². The zero-order valence-corrected chi connectivity index (χ0v) is 13.4. The van der Waals surface area contributed by atoms with Crippen LogP contribution in [0.3, 0.4) is 0 Å². The Morgan fingerprint density at radius 2 is 1.95 bits per heavy atom. The van der Waals surface area contributed by atoms with Crippen molar-refractivity contribution in [3.63, 3.8) is 0 Å². The van der Waals surface area contributed by atoms with Crippen molar-refractivity contribution >= 4 is 10.0 Å². The average Bonchev–Trinajstić information content (AvgIpc) is 3.24. The molecule has 0 amide bonds. The summed E-state index contributed by atoms with van der Waals surface area (Å²) in [5.74, 6) is 1.23. The molecule has 0 bridgehead atoms. The number of rotatable bonds is 5. The van der Waals surface area contributed by atoms with Gasteiger partial charge in [-0.1, -0.05) is 18.2 Å². The summed E-state index contributed by atoms with van der Waals surface area (Å²) in [6, 6.07) is 9.16. The lowest BCUT2D eigenvalue weighted by Gasteiger charge is -2.04. The normalized spacial score (nSPS) is 20.8. The van der Waals surface area contributed by atoms with Crippen LogP contribution in [-0.2, 0) is 16.4 Å². The zero-order valence-electron chi connectivity index (χ0n) is 12.6. The van der Waals surface area contributed by atoms with Gasteiger partial charge < -0.3 is 0 Å². The minimum absolute atomic E-state index is 0.180. The lowest BCUT2D eigenvalue weighted by Crippen LogP contribution is -2.11. The van der Waals surface area contributed by atoms with Crippen molar-refractivity contribution in [2.24, 2.45) is 11.1 Å². The molecule has 1 fully saturated rings. The fourth-order valence-corrected chi connectivity index (χ4v) is 3.50. The summed E-state index contributed by atoms with van der Waals surface area (Å²) in [7, 11) is -3.60. The van der Waals surface area contributed by atoms with Gasteiger partial charge in [0.15, 0.2) is 0 Å². The molecule has 1 aliphatic carbocycles. The highest BCUT2D eigenvalue weighted by Gasteiger charge is 2.37. The van der Waals surface area contributed by atoms with E-state index in [1.54, 1.807) is 12.1 Å². The number of hydrogen-bond donors (Lipinski definition) is 1. The molecule has 1 aliphatic rings. The number of nitrogens with zero attached hydrogens (tertiary/aromatic N) is 1. The number of benzene rings is 1. The Morgan fingerprint density at radius 1 is 1.23 bits per heavy atom. The van der Waals surface area contributed by atoms with Crippen molar-refractivity contribution in [1.29, 1.82) is 0 Å². The van der Waals surface area contributed by atoms with Crippen molar-refractivity contribution in [2.45, 2.75) is 37.0 Å². The predicted octanol–water partition coefficient (Wildman–Crippen LogP) is 2.77. The number of aryl methyl sites for hydroxylation is 2. The van der Waals surface area contributed by atoms with Gasteiger partial charge in [0.05, 0.1) is 4.90 Å². The standard InChI is InChI=1S/C17H20N2O2S/c1-12-8-13(11-19-10-12)2-3-15-9-17(15)14-4-6-16(7-5-14)22(18,20)21/h4-8,10-11,15,17H,2-3,9H2,1H3,(H2,18,20,21). The smallest absolute Gasteiger partial charge is 0.238 e. The van der Waals surface area contributed by atoms with E-state index in [1.165, 1.54) is 23.1 Å². The van der Waals surface area contributed by atoms with Crippen LogP contribution in [0.25, 0.3) is 0 Å². The Labute approximate surface area is 131 Å². The van der Waals surface area contributed by atoms with Crippen LogP contribution in [0.15, 0.2) is 47.6 Å². The third kappa shape index (κ3) is 3.54. The number of sulfonamides is 1. The molecular weight excluding hydrogens is 296 g/mol. The zero-order chi connectivity index (χ0) is 15.7. The summed E-state index contributed by atoms with van der Waals surface area (Å²) in [5.41, 5.74) is 3.69. The minimum Gasteiger partial charge on any atom is -0.264 e. The molecule has 1 aromatic heterocycles. The van der Waals surface area contributed by atoms with Crippen molar-refractivity contribution in [3.8, 4) is 0 Å². The van der Waals surface area contributed by atoms with E-state index in [-0.39, 0.29) is 4.90 Å². The summed E-state index contributed by atoms with van der Waals surface area (Å²) in [4.78, 5) is 4.40. The van der Waals surface area contributed by atoms with E-state index in [2.05, 4.69) is 18.0 Å². The molecule has 0 spiro atoms. The van der Waals surface area contributed by atoms with Gasteiger partial charge in [0.1, 0.15) is 0 Å². The van der Waals surface area contributed by atoms with Crippen LogP contribution < -0.4 is 5.14 Å². The highest BCUT2D eigenvalue weighted by Crippen LogP contribution is 2.50. The van der Waals surface area contributed by atoms with E-state index in [0.717, 1.165) is 12.8 Å². The Balaban J connectivity index is 1.58. The van der Waals surface area contributed by atoms with Crippen LogP contribution in [0.2, 0.25) is 0 Å². The number of aromatic nitrogens is 1. The van der Waals surface area contributed by atoms with Crippen LogP contribution >= 0.6 is 0 Å². The third-order valence-corrected chi connectivity index (χ3v) is 5.22. The fraction of sp³-hybridized carbons (Fsp3) is 0.353. The molecule has 2 unspecified atom stereocenters. The second-order valence-electron chi connectivity index (χ2n) is 6.13. The van der Waals surface area contributed by atoms with Crippen molar-refractivity contribution in [3.05, 3.63) is 59.4 Å². The van der Waals surface area contributed by atoms with Gasteiger partial charge in [-0.2, -0.15) is 0 Å². The molecule has 0 saturated heterocycles. The average molecular weight is 316 g/mol. The van der Waals surface area contributed by atoms with E-state index in [4.69, 9.17) is 5.14 Å². The molecule has 116 valence electrons. The van der Waals surface area contributed by atoms with Gasteiger partial charge in [-0.25, -0.2) is 13.6 Å².